The number of rotatable bonds is 4. The summed E-state index contributed by atoms with van der Waals surface area (Å²) < 4.78 is 10.3. The van der Waals surface area contributed by atoms with E-state index >= 15 is 0 Å². The van der Waals surface area contributed by atoms with E-state index in [-0.39, 0.29) is 25.3 Å². The van der Waals surface area contributed by atoms with E-state index in [1.54, 1.807) is 24.3 Å². The molecule has 0 amide bonds. The molecule has 19 heavy (non-hydrogen) atoms. The van der Waals surface area contributed by atoms with Gasteiger partial charge in [-0.2, -0.15) is 0 Å². The molecule has 0 spiro atoms. The number of carbonyl (C=O) groups is 2. The normalized spacial score (nSPS) is 22.1. The van der Waals surface area contributed by atoms with Gasteiger partial charge < -0.3 is 9.47 Å². The van der Waals surface area contributed by atoms with Crippen LogP contribution in [0.1, 0.15) is 18.4 Å². The molecule has 4 nitrogen and oxygen atoms in total. The van der Waals surface area contributed by atoms with Gasteiger partial charge in [0.15, 0.2) is 0 Å². The zero-order valence-electron chi connectivity index (χ0n) is 10.0. The van der Waals surface area contributed by atoms with Gasteiger partial charge in [-0.25, -0.2) is 4.79 Å². The Morgan fingerprint density at radius 2 is 2.05 bits per heavy atom. The number of hydrogen-bond acceptors (Lipinski definition) is 4. The third-order valence-corrected chi connectivity index (χ3v) is 3.33. The van der Waals surface area contributed by atoms with Crippen molar-refractivity contribution in [1.29, 1.82) is 0 Å². The van der Waals surface area contributed by atoms with Crippen molar-refractivity contribution in [2.75, 3.05) is 12.5 Å². The van der Waals surface area contributed by atoms with Gasteiger partial charge in [0.1, 0.15) is 6.61 Å². The molecule has 0 saturated carbocycles. The van der Waals surface area contributed by atoms with Crippen LogP contribution in [0.2, 0.25) is 5.02 Å². The number of benzene rings is 1. The predicted molar refractivity (Wildman–Crippen MR) is 70.1 cm³/mol. The smallest absolute Gasteiger partial charge is 0.355 e. The van der Waals surface area contributed by atoms with Gasteiger partial charge in [0, 0.05) is 17.0 Å². The van der Waals surface area contributed by atoms with E-state index in [4.69, 9.17) is 32.7 Å². The second kappa shape index (κ2) is 5.80. The highest BCUT2D eigenvalue weighted by atomic mass is 35.5. The Morgan fingerprint density at radius 3 is 2.58 bits per heavy atom. The first kappa shape index (κ1) is 14.2. The Labute approximate surface area is 120 Å². The molecule has 0 aromatic heterocycles. The number of hydrogen-bond donors (Lipinski definition) is 0. The van der Waals surface area contributed by atoms with Crippen molar-refractivity contribution in [3.63, 3.8) is 0 Å². The molecule has 0 radical (unpaired) electrons. The maximum Gasteiger partial charge on any atom is 0.355 e. The highest BCUT2D eigenvalue weighted by molar-refractivity contribution is 6.30. The molecule has 1 aromatic carbocycles. The Balaban J connectivity index is 2.32. The number of cyclic esters (lactones) is 1. The maximum absolute atomic E-state index is 12.2. The van der Waals surface area contributed by atoms with E-state index in [0.29, 0.717) is 10.6 Å². The fourth-order valence-corrected chi connectivity index (χ4v) is 2.21. The summed E-state index contributed by atoms with van der Waals surface area (Å²) in [7, 11) is 0. The highest BCUT2D eigenvalue weighted by Gasteiger charge is 2.50. The van der Waals surface area contributed by atoms with Gasteiger partial charge in [0.05, 0.1) is 12.3 Å². The molecular weight excluding hydrogens is 291 g/mol. The zero-order chi connectivity index (χ0) is 13.9. The Morgan fingerprint density at radius 1 is 1.37 bits per heavy atom. The summed E-state index contributed by atoms with van der Waals surface area (Å²) in [4.78, 5) is 23.6. The topological polar surface area (TPSA) is 52.6 Å². The lowest BCUT2D eigenvalue weighted by atomic mass is 9.91. The third-order valence-electron chi connectivity index (χ3n) is 2.92. The van der Waals surface area contributed by atoms with Crippen LogP contribution in [-0.4, -0.2) is 24.4 Å². The van der Waals surface area contributed by atoms with Crippen LogP contribution in [-0.2, 0) is 24.7 Å². The summed E-state index contributed by atoms with van der Waals surface area (Å²) in [6.07, 6.45) is 0.438. The first-order chi connectivity index (χ1) is 9.08. The lowest BCUT2D eigenvalue weighted by molar-refractivity contribution is -0.175. The number of ether oxygens (including phenoxy) is 2. The molecule has 1 aromatic rings. The van der Waals surface area contributed by atoms with Gasteiger partial charge in [-0.05, 0) is 12.1 Å². The van der Waals surface area contributed by atoms with Gasteiger partial charge in [-0.1, -0.05) is 23.7 Å². The average Bonchev–Trinajstić information content (AvgIpc) is 2.80. The van der Waals surface area contributed by atoms with Crippen molar-refractivity contribution in [3.8, 4) is 0 Å². The summed E-state index contributed by atoms with van der Waals surface area (Å²) in [6.45, 7) is 0.0767. The molecule has 102 valence electrons. The van der Waals surface area contributed by atoms with Crippen molar-refractivity contribution in [2.45, 2.75) is 18.4 Å². The van der Waals surface area contributed by atoms with Crippen molar-refractivity contribution in [3.05, 3.63) is 34.9 Å². The quantitative estimate of drug-likeness (QED) is 0.634. The molecule has 2 rings (SSSR count). The second-order valence-corrected chi connectivity index (χ2v) is 4.95. The van der Waals surface area contributed by atoms with Crippen LogP contribution in [0.5, 0.6) is 0 Å². The minimum Gasteiger partial charge on any atom is -0.461 e. The summed E-state index contributed by atoms with van der Waals surface area (Å²) in [5, 5.41) is 0.539. The van der Waals surface area contributed by atoms with E-state index in [2.05, 4.69) is 0 Å². The van der Waals surface area contributed by atoms with Gasteiger partial charge in [-0.15, -0.1) is 11.6 Å². The van der Waals surface area contributed by atoms with Crippen molar-refractivity contribution in [2.24, 2.45) is 0 Å². The molecule has 1 saturated heterocycles. The van der Waals surface area contributed by atoms with Crippen molar-refractivity contribution in [1.82, 2.24) is 0 Å². The SMILES string of the molecule is O=C1CCC(C(=O)OCCCl)(c2ccc(Cl)cc2)O1. The van der Waals surface area contributed by atoms with Gasteiger partial charge in [0.25, 0.3) is 0 Å². The minimum atomic E-state index is -1.37. The van der Waals surface area contributed by atoms with E-state index in [9.17, 15) is 9.59 Å². The van der Waals surface area contributed by atoms with Crippen LogP contribution in [0.3, 0.4) is 0 Å². The van der Waals surface area contributed by atoms with Crippen LogP contribution < -0.4 is 0 Å². The van der Waals surface area contributed by atoms with Crippen LogP contribution >= 0.6 is 23.2 Å². The molecule has 1 heterocycles. The Hall–Kier alpha value is -1.26. The fraction of sp³-hybridized carbons (Fsp3) is 0.385. The third kappa shape index (κ3) is 2.85. The van der Waals surface area contributed by atoms with Crippen LogP contribution in [0.4, 0.5) is 0 Å². The van der Waals surface area contributed by atoms with Crippen molar-refractivity contribution < 1.29 is 19.1 Å². The number of esters is 2. The van der Waals surface area contributed by atoms with Crippen LogP contribution in [0, 0.1) is 0 Å². The van der Waals surface area contributed by atoms with Gasteiger partial charge >= 0.3 is 11.9 Å². The maximum atomic E-state index is 12.2. The average molecular weight is 303 g/mol. The molecule has 1 unspecified atom stereocenters. The zero-order valence-corrected chi connectivity index (χ0v) is 11.5. The minimum absolute atomic E-state index is 0.0767. The molecule has 0 N–H and O–H groups in total. The Kier molecular flexibility index (Phi) is 4.32. The van der Waals surface area contributed by atoms with E-state index in [1.807, 2.05) is 0 Å². The monoisotopic (exact) mass is 302 g/mol. The molecule has 1 aliphatic rings. The molecule has 0 aliphatic carbocycles. The molecular formula is C13H12Cl2O4. The molecule has 0 bridgehead atoms. The standard InChI is InChI=1S/C13H12Cl2O4/c14-7-8-18-12(17)13(6-5-11(16)19-13)9-1-3-10(15)4-2-9/h1-4H,5-8H2. The van der Waals surface area contributed by atoms with Gasteiger partial charge in [-0.3, -0.25) is 4.79 Å². The molecule has 1 aliphatic heterocycles. The number of alkyl halides is 1. The second-order valence-electron chi connectivity index (χ2n) is 4.13. The Bertz CT molecular complexity index is 486. The van der Waals surface area contributed by atoms with E-state index < -0.39 is 17.5 Å². The largest absolute Gasteiger partial charge is 0.461 e. The first-order valence-electron chi connectivity index (χ1n) is 5.79. The van der Waals surface area contributed by atoms with Crippen molar-refractivity contribution >= 4 is 35.1 Å². The summed E-state index contributed by atoms with van der Waals surface area (Å²) in [5.74, 6) is -0.824. The predicted octanol–water partition coefficient (Wildman–Crippen LogP) is 2.65. The fourth-order valence-electron chi connectivity index (χ4n) is 2.01. The molecule has 6 heteroatoms. The number of carbonyl (C=O) groups excluding carboxylic acids is 2. The summed E-state index contributed by atoms with van der Waals surface area (Å²) >= 11 is 11.3. The number of halogens is 2. The molecule has 1 fully saturated rings. The highest BCUT2D eigenvalue weighted by Crippen LogP contribution is 2.38. The molecule has 1 atom stereocenters. The van der Waals surface area contributed by atoms with E-state index in [0.717, 1.165) is 0 Å². The first-order valence-corrected chi connectivity index (χ1v) is 6.71. The lowest BCUT2D eigenvalue weighted by Gasteiger charge is -2.25. The van der Waals surface area contributed by atoms with Crippen LogP contribution in [0.15, 0.2) is 24.3 Å². The lowest BCUT2D eigenvalue weighted by Crippen LogP contribution is -2.37. The van der Waals surface area contributed by atoms with Gasteiger partial charge in [0.2, 0.25) is 5.60 Å². The van der Waals surface area contributed by atoms with E-state index in [1.165, 1.54) is 0 Å². The van der Waals surface area contributed by atoms with Crippen LogP contribution in [0.25, 0.3) is 0 Å². The summed E-state index contributed by atoms with van der Waals surface area (Å²) in [5.41, 5.74) is -0.810. The summed E-state index contributed by atoms with van der Waals surface area (Å²) in [6, 6.07) is 6.59.